The van der Waals surface area contributed by atoms with Gasteiger partial charge in [-0.25, -0.2) is 4.79 Å². The first kappa shape index (κ1) is 16.8. The van der Waals surface area contributed by atoms with Crippen LogP contribution < -0.4 is 10.6 Å². The maximum Gasteiger partial charge on any atom is 0.322 e. The van der Waals surface area contributed by atoms with Crippen LogP contribution in [0.5, 0.6) is 0 Å². The predicted octanol–water partition coefficient (Wildman–Crippen LogP) is 3.30. The van der Waals surface area contributed by atoms with Crippen LogP contribution in [0.15, 0.2) is 17.5 Å². The Morgan fingerprint density at radius 2 is 2.27 bits per heavy atom. The zero-order valence-corrected chi connectivity index (χ0v) is 14.0. The maximum atomic E-state index is 12.2. The predicted molar refractivity (Wildman–Crippen MR) is 90.2 cm³/mol. The molecule has 1 aromatic rings. The van der Waals surface area contributed by atoms with Crippen molar-refractivity contribution in [3.63, 3.8) is 0 Å². The number of rotatable bonds is 6. The lowest BCUT2D eigenvalue weighted by Crippen LogP contribution is -2.47. The summed E-state index contributed by atoms with van der Waals surface area (Å²) in [6, 6.07) is 3.68. The van der Waals surface area contributed by atoms with E-state index in [0.29, 0.717) is 6.54 Å². The van der Waals surface area contributed by atoms with E-state index >= 15 is 0 Å². The van der Waals surface area contributed by atoms with Crippen LogP contribution in [0.1, 0.15) is 39.0 Å². The molecule has 2 N–H and O–H groups in total. The molecule has 22 heavy (non-hydrogen) atoms. The molecule has 0 spiro atoms. The van der Waals surface area contributed by atoms with Crippen LogP contribution in [0, 0.1) is 5.92 Å². The Morgan fingerprint density at radius 3 is 3.00 bits per heavy atom. The van der Waals surface area contributed by atoms with Gasteiger partial charge in [0.2, 0.25) is 5.91 Å². The number of amides is 3. The molecule has 0 aliphatic carbocycles. The first-order valence-electron chi connectivity index (χ1n) is 8.08. The van der Waals surface area contributed by atoms with Crippen LogP contribution in [-0.4, -0.2) is 36.5 Å². The minimum absolute atomic E-state index is 0.0792. The SMILES string of the molecule is CCCCCNC(=O)C1CCCN(C(=O)Nc2cccs2)C1. The Balaban J connectivity index is 1.78. The van der Waals surface area contributed by atoms with Gasteiger partial charge in [-0.2, -0.15) is 0 Å². The number of thiophene rings is 1. The summed E-state index contributed by atoms with van der Waals surface area (Å²) < 4.78 is 0. The van der Waals surface area contributed by atoms with Crippen molar-refractivity contribution in [1.29, 1.82) is 0 Å². The van der Waals surface area contributed by atoms with Crippen LogP contribution in [0.3, 0.4) is 0 Å². The number of urea groups is 1. The van der Waals surface area contributed by atoms with Gasteiger partial charge >= 0.3 is 6.03 Å². The molecule has 0 bridgehead atoms. The molecular formula is C16H25N3O2S. The monoisotopic (exact) mass is 323 g/mol. The number of hydrogen-bond donors (Lipinski definition) is 2. The van der Waals surface area contributed by atoms with Gasteiger partial charge in [0.1, 0.15) is 0 Å². The zero-order valence-electron chi connectivity index (χ0n) is 13.1. The number of carbonyl (C=O) groups is 2. The normalized spacial score (nSPS) is 18.0. The van der Waals surface area contributed by atoms with E-state index in [9.17, 15) is 9.59 Å². The molecule has 6 heteroatoms. The highest BCUT2D eigenvalue weighted by molar-refractivity contribution is 7.14. The molecule has 1 aliphatic rings. The third-order valence-corrected chi connectivity index (χ3v) is 4.70. The van der Waals surface area contributed by atoms with Crippen LogP contribution >= 0.6 is 11.3 Å². The van der Waals surface area contributed by atoms with Crippen molar-refractivity contribution in [2.45, 2.75) is 39.0 Å². The third-order valence-electron chi connectivity index (χ3n) is 3.91. The van der Waals surface area contributed by atoms with Gasteiger partial charge in [0.25, 0.3) is 0 Å². The standard InChI is InChI=1S/C16H25N3O2S/c1-2-3-4-9-17-15(20)13-7-5-10-19(12-13)16(21)18-14-8-6-11-22-14/h6,8,11,13H,2-5,7,9-10,12H2,1H3,(H,17,20)(H,18,21). The molecule has 1 aliphatic heterocycles. The van der Waals surface area contributed by atoms with Gasteiger partial charge in [-0.15, -0.1) is 11.3 Å². The molecule has 1 fully saturated rings. The number of piperidine rings is 1. The number of unbranched alkanes of at least 4 members (excludes halogenated alkanes) is 2. The van der Waals surface area contributed by atoms with Crippen molar-refractivity contribution in [2.75, 3.05) is 25.0 Å². The smallest absolute Gasteiger partial charge is 0.322 e. The summed E-state index contributed by atoms with van der Waals surface area (Å²) in [5.41, 5.74) is 0. The first-order valence-corrected chi connectivity index (χ1v) is 8.95. The Labute approximate surface area is 136 Å². The quantitative estimate of drug-likeness (QED) is 0.789. The molecule has 122 valence electrons. The van der Waals surface area contributed by atoms with E-state index in [-0.39, 0.29) is 17.9 Å². The van der Waals surface area contributed by atoms with Gasteiger partial charge in [-0.1, -0.05) is 19.8 Å². The molecule has 1 unspecified atom stereocenters. The molecule has 1 saturated heterocycles. The van der Waals surface area contributed by atoms with Gasteiger partial charge in [-0.3, -0.25) is 10.1 Å². The summed E-state index contributed by atoms with van der Waals surface area (Å²) >= 11 is 1.50. The van der Waals surface area contributed by atoms with Crippen molar-refractivity contribution in [1.82, 2.24) is 10.2 Å². The largest absolute Gasteiger partial charge is 0.356 e. The van der Waals surface area contributed by atoms with E-state index < -0.39 is 0 Å². The van der Waals surface area contributed by atoms with Crippen molar-refractivity contribution in [3.8, 4) is 0 Å². The molecule has 2 rings (SSSR count). The summed E-state index contributed by atoms with van der Waals surface area (Å²) in [6.45, 7) is 4.12. The van der Waals surface area contributed by atoms with Crippen molar-refractivity contribution >= 4 is 28.3 Å². The highest BCUT2D eigenvalue weighted by Crippen LogP contribution is 2.20. The fourth-order valence-electron chi connectivity index (χ4n) is 2.64. The summed E-state index contributed by atoms with van der Waals surface area (Å²) in [5, 5.41) is 8.65. The van der Waals surface area contributed by atoms with Gasteiger partial charge in [-0.05, 0) is 36.8 Å². The topological polar surface area (TPSA) is 61.4 Å². The van der Waals surface area contributed by atoms with E-state index in [1.54, 1.807) is 4.90 Å². The van der Waals surface area contributed by atoms with E-state index in [2.05, 4.69) is 17.6 Å². The maximum absolute atomic E-state index is 12.2. The van der Waals surface area contributed by atoms with E-state index in [1.165, 1.54) is 11.3 Å². The second-order valence-electron chi connectivity index (χ2n) is 5.69. The van der Waals surface area contributed by atoms with Gasteiger partial charge in [0.15, 0.2) is 0 Å². The molecular weight excluding hydrogens is 298 g/mol. The second-order valence-corrected chi connectivity index (χ2v) is 6.64. The second kappa shape index (κ2) is 8.78. The molecule has 1 atom stereocenters. The first-order chi connectivity index (χ1) is 10.7. The molecule has 3 amide bonds. The number of nitrogens with zero attached hydrogens (tertiary/aromatic N) is 1. The number of hydrogen-bond acceptors (Lipinski definition) is 3. The van der Waals surface area contributed by atoms with Gasteiger partial charge in [0.05, 0.1) is 10.9 Å². The Hall–Kier alpha value is -1.56. The third kappa shape index (κ3) is 5.02. The van der Waals surface area contributed by atoms with Crippen LogP contribution in [0.2, 0.25) is 0 Å². The Kier molecular flexibility index (Phi) is 6.71. The highest BCUT2D eigenvalue weighted by atomic mass is 32.1. The van der Waals surface area contributed by atoms with E-state index in [0.717, 1.165) is 50.2 Å². The number of likely N-dealkylation sites (tertiary alicyclic amines) is 1. The molecule has 1 aromatic heterocycles. The molecule has 0 saturated carbocycles. The fraction of sp³-hybridized carbons (Fsp3) is 0.625. The summed E-state index contributed by atoms with van der Waals surface area (Å²) in [4.78, 5) is 26.2. The molecule has 0 radical (unpaired) electrons. The Bertz CT molecular complexity index is 476. The Morgan fingerprint density at radius 1 is 1.41 bits per heavy atom. The van der Waals surface area contributed by atoms with Crippen molar-refractivity contribution < 1.29 is 9.59 Å². The van der Waals surface area contributed by atoms with E-state index in [1.807, 2.05) is 17.5 Å². The molecule has 2 heterocycles. The fourth-order valence-corrected chi connectivity index (χ4v) is 3.25. The lowest BCUT2D eigenvalue weighted by molar-refractivity contribution is -0.126. The van der Waals surface area contributed by atoms with Crippen LogP contribution in [0.4, 0.5) is 9.80 Å². The molecule has 5 nitrogen and oxygen atoms in total. The zero-order chi connectivity index (χ0) is 15.8. The van der Waals surface area contributed by atoms with Gasteiger partial charge < -0.3 is 10.2 Å². The summed E-state index contributed by atoms with van der Waals surface area (Å²) in [5.74, 6) is 0.00851. The minimum atomic E-state index is -0.106. The lowest BCUT2D eigenvalue weighted by Gasteiger charge is -2.31. The minimum Gasteiger partial charge on any atom is -0.356 e. The molecule has 0 aromatic carbocycles. The van der Waals surface area contributed by atoms with Crippen molar-refractivity contribution in [2.24, 2.45) is 5.92 Å². The van der Waals surface area contributed by atoms with Gasteiger partial charge in [0, 0.05) is 19.6 Å². The number of anilines is 1. The highest BCUT2D eigenvalue weighted by Gasteiger charge is 2.28. The van der Waals surface area contributed by atoms with E-state index in [4.69, 9.17) is 0 Å². The lowest BCUT2D eigenvalue weighted by atomic mass is 9.97. The summed E-state index contributed by atoms with van der Waals surface area (Å²) in [7, 11) is 0. The summed E-state index contributed by atoms with van der Waals surface area (Å²) in [6.07, 6.45) is 5.06. The average Bonchev–Trinajstić information content (AvgIpc) is 3.04. The number of carbonyl (C=O) groups excluding carboxylic acids is 2. The number of nitrogens with one attached hydrogen (secondary N) is 2. The average molecular weight is 323 g/mol. The van der Waals surface area contributed by atoms with Crippen LogP contribution in [0.25, 0.3) is 0 Å². The van der Waals surface area contributed by atoms with Crippen molar-refractivity contribution in [3.05, 3.63) is 17.5 Å². The van der Waals surface area contributed by atoms with Crippen LogP contribution in [-0.2, 0) is 4.79 Å².